The summed E-state index contributed by atoms with van der Waals surface area (Å²) in [5.74, 6) is -0.753. The molecule has 1 saturated heterocycles. The number of carboxylic acid groups (broad SMARTS) is 1. The highest BCUT2D eigenvalue weighted by Crippen LogP contribution is 2.25. The van der Waals surface area contributed by atoms with Gasteiger partial charge in [-0.1, -0.05) is 15.9 Å². The van der Waals surface area contributed by atoms with E-state index in [4.69, 9.17) is 0 Å². The van der Waals surface area contributed by atoms with Crippen LogP contribution >= 0.6 is 15.9 Å². The third-order valence-corrected chi connectivity index (χ3v) is 3.93. The van der Waals surface area contributed by atoms with E-state index < -0.39 is 12.0 Å². The maximum Gasteiger partial charge on any atom is 0.322 e. The molecule has 1 N–H and O–H groups in total. The predicted molar refractivity (Wildman–Crippen MR) is 75.1 cm³/mol. The van der Waals surface area contributed by atoms with Gasteiger partial charge in [-0.2, -0.15) is 0 Å². The van der Waals surface area contributed by atoms with Crippen molar-refractivity contribution in [3.05, 3.63) is 28.2 Å². The lowest BCUT2D eigenvalue weighted by molar-refractivity contribution is -0.142. The lowest BCUT2D eigenvalue weighted by atomic mass is 10.1. The van der Waals surface area contributed by atoms with Gasteiger partial charge in [0, 0.05) is 29.8 Å². The first-order valence-corrected chi connectivity index (χ1v) is 6.72. The number of carboxylic acids is 1. The van der Waals surface area contributed by atoms with Crippen molar-refractivity contribution in [2.24, 2.45) is 0 Å². The molecule has 4 nitrogen and oxygen atoms in total. The fraction of sp³-hybridized carbons (Fsp3) is 0.462. The second kappa shape index (κ2) is 5.28. The summed E-state index contributed by atoms with van der Waals surface area (Å²) in [7, 11) is 1.87. The summed E-state index contributed by atoms with van der Waals surface area (Å²) in [6.45, 7) is 4.22. The molecule has 0 bridgehead atoms. The minimum absolute atomic E-state index is 0.429. The Labute approximate surface area is 115 Å². The summed E-state index contributed by atoms with van der Waals surface area (Å²) < 4.78 is 1.05. The maximum atomic E-state index is 11.2. The van der Waals surface area contributed by atoms with Crippen molar-refractivity contribution in [1.82, 2.24) is 4.90 Å². The quantitative estimate of drug-likeness (QED) is 0.906. The summed E-state index contributed by atoms with van der Waals surface area (Å²) in [6.07, 6.45) is 0. The van der Waals surface area contributed by atoms with E-state index in [2.05, 4.69) is 26.9 Å². The lowest BCUT2D eigenvalue weighted by Crippen LogP contribution is -2.55. The van der Waals surface area contributed by atoms with E-state index in [1.807, 2.05) is 31.0 Å². The van der Waals surface area contributed by atoms with Crippen LogP contribution < -0.4 is 4.90 Å². The molecule has 1 aromatic carbocycles. The lowest BCUT2D eigenvalue weighted by Gasteiger charge is -2.39. The maximum absolute atomic E-state index is 11.2. The summed E-state index contributed by atoms with van der Waals surface area (Å²) in [6, 6.07) is 5.67. The van der Waals surface area contributed by atoms with Crippen LogP contribution in [0.5, 0.6) is 0 Å². The summed E-state index contributed by atoms with van der Waals surface area (Å²) in [5.41, 5.74) is 2.29. The van der Waals surface area contributed by atoms with Crippen LogP contribution in [0, 0.1) is 6.92 Å². The van der Waals surface area contributed by atoms with E-state index in [0.717, 1.165) is 28.8 Å². The van der Waals surface area contributed by atoms with Gasteiger partial charge < -0.3 is 10.0 Å². The van der Waals surface area contributed by atoms with Crippen LogP contribution in [-0.4, -0.2) is 48.7 Å². The minimum Gasteiger partial charge on any atom is -0.480 e. The Balaban J connectivity index is 2.21. The van der Waals surface area contributed by atoms with E-state index >= 15 is 0 Å². The van der Waals surface area contributed by atoms with Gasteiger partial charge in [0.15, 0.2) is 0 Å². The Hall–Kier alpha value is -1.07. The van der Waals surface area contributed by atoms with Crippen LogP contribution in [0.25, 0.3) is 0 Å². The number of rotatable bonds is 2. The number of halogens is 1. The molecule has 1 heterocycles. The smallest absolute Gasteiger partial charge is 0.322 e. The number of piperazine rings is 1. The molecule has 98 valence electrons. The first-order valence-electron chi connectivity index (χ1n) is 5.93. The molecular weight excluding hydrogens is 296 g/mol. The number of nitrogens with zero attached hydrogens (tertiary/aromatic N) is 2. The predicted octanol–water partition coefficient (Wildman–Crippen LogP) is 1.96. The third-order valence-electron chi connectivity index (χ3n) is 3.43. The van der Waals surface area contributed by atoms with Gasteiger partial charge in [-0.15, -0.1) is 0 Å². The molecule has 0 amide bonds. The molecule has 1 aliphatic heterocycles. The Morgan fingerprint density at radius 2 is 2.17 bits per heavy atom. The highest BCUT2D eigenvalue weighted by atomic mass is 79.9. The molecule has 2 rings (SSSR count). The largest absolute Gasteiger partial charge is 0.480 e. The summed E-state index contributed by atoms with van der Waals surface area (Å²) >= 11 is 3.44. The number of anilines is 1. The van der Waals surface area contributed by atoms with Crippen LogP contribution in [0.2, 0.25) is 0 Å². The molecule has 1 unspecified atom stereocenters. The van der Waals surface area contributed by atoms with Crippen molar-refractivity contribution in [1.29, 1.82) is 0 Å². The van der Waals surface area contributed by atoms with E-state index in [9.17, 15) is 9.90 Å². The number of hydrogen-bond donors (Lipinski definition) is 1. The molecule has 0 aliphatic carbocycles. The molecule has 1 atom stereocenters. The number of hydrogen-bond acceptors (Lipinski definition) is 3. The molecule has 1 aliphatic rings. The van der Waals surface area contributed by atoms with Crippen molar-refractivity contribution in [2.45, 2.75) is 13.0 Å². The number of aliphatic carboxylic acids is 1. The van der Waals surface area contributed by atoms with Gasteiger partial charge in [-0.3, -0.25) is 9.69 Å². The molecule has 0 saturated carbocycles. The van der Waals surface area contributed by atoms with Crippen LogP contribution in [0.4, 0.5) is 5.69 Å². The second-order valence-corrected chi connectivity index (χ2v) is 5.63. The van der Waals surface area contributed by atoms with E-state index in [1.165, 1.54) is 0 Å². The Morgan fingerprint density at radius 3 is 2.78 bits per heavy atom. The van der Waals surface area contributed by atoms with Crippen molar-refractivity contribution < 1.29 is 9.90 Å². The first kappa shape index (κ1) is 13.4. The number of aryl methyl sites for hydroxylation is 1. The third kappa shape index (κ3) is 2.67. The number of benzene rings is 1. The van der Waals surface area contributed by atoms with Gasteiger partial charge in [0.05, 0.1) is 0 Å². The van der Waals surface area contributed by atoms with Crippen molar-refractivity contribution in [3.63, 3.8) is 0 Å². The monoisotopic (exact) mass is 312 g/mol. The zero-order valence-electron chi connectivity index (χ0n) is 10.6. The van der Waals surface area contributed by atoms with Gasteiger partial charge >= 0.3 is 5.97 Å². The highest BCUT2D eigenvalue weighted by Gasteiger charge is 2.30. The van der Waals surface area contributed by atoms with Gasteiger partial charge in [0.25, 0.3) is 0 Å². The number of carbonyl (C=O) groups is 1. The molecule has 1 fully saturated rings. The average molecular weight is 313 g/mol. The van der Waals surface area contributed by atoms with E-state index in [0.29, 0.717) is 6.54 Å². The molecule has 1 aromatic rings. The Bertz CT molecular complexity index is 464. The van der Waals surface area contributed by atoms with Gasteiger partial charge in [0.1, 0.15) is 6.04 Å². The fourth-order valence-corrected chi connectivity index (χ4v) is 2.81. The van der Waals surface area contributed by atoms with E-state index in [-0.39, 0.29) is 0 Å². The van der Waals surface area contributed by atoms with Crippen molar-refractivity contribution in [2.75, 3.05) is 31.6 Å². The minimum atomic E-state index is -0.753. The standard InChI is InChI=1S/C13H17BrN2O2/c1-9-7-10(14)3-4-11(9)16-6-5-15(2)12(8-16)13(17)18/h3-4,7,12H,5-6,8H2,1-2H3,(H,17,18). The van der Waals surface area contributed by atoms with Crippen LogP contribution in [0.1, 0.15) is 5.56 Å². The second-order valence-electron chi connectivity index (χ2n) is 4.71. The molecule has 0 spiro atoms. The average Bonchev–Trinajstić information content (AvgIpc) is 2.30. The molecular formula is C13H17BrN2O2. The topological polar surface area (TPSA) is 43.8 Å². The van der Waals surface area contributed by atoms with Crippen molar-refractivity contribution in [3.8, 4) is 0 Å². The normalized spacial score (nSPS) is 21.1. The van der Waals surface area contributed by atoms with E-state index in [1.54, 1.807) is 0 Å². The zero-order chi connectivity index (χ0) is 13.3. The summed E-state index contributed by atoms with van der Waals surface area (Å²) in [5, 5.41) is 9.21. The SMILES string of the molecule is Cc1cc(Br)ccc1N1CCN(C)C(C(=O)O)C1. The molecule has 18 heavy (non-hydrogen) atoms. The zero-order valence-corrected chi connectivity index (χ0v) is 12.1. The van der Waals surface area contributed by atoms with Crippen molar-refractivity contribution >= 4 is 27.6 Å². The number of likely N-dealkylation sites (N-methyl/N-ethyl adjacent to an activating group) is 1. The highest BCUT2D eigenvalue weighted by molar-refractivity contribution is 9.10. The fourth-order valence-electron chi connectivity index (χ4n) is 2.33. The van der Waals surface area contributed by atoms with Crippen LogP contribution in [-0.2, 0) is 4.79 Å². The van der Waals surface area contributed by atoms with Gasteiger partial charge in [-0.05, 0) is 37.7 Å². The Kier molecular flexibility index (Phi) is 3.92. The first-order chi connectivity index (χ1) is 8.49. The van der Waals surface area contributed by atoms with Gasteiger partial charge in [-0.25, -0.2) is 0 Å². The molecule has 0 radical (unpaired) electrons. The van der Waals surface area contributed by atoms with Gasteiger partial charge in [0.2, 0.25) is 0 Å². The molecule has 0 aromatic heterocycles. The Morgan fingerprint density at radius 1 is 1.44 bits per heavy atom. The van der Waals surface area contributed by atoms with Crippen LogP contribution in [0.15, 0.2) is 22.7 Å². The molecule has 5 heteroatoms. The summed E-state index contributed by atoms with van der Waals surface area (Å²) in [4.78, 5) is 15.3. The van der Waals surface area contributed by atoms with Crippen LogP contribution in [0.3, 0.4) is 0 Å².